The van der Waals surface area contributed by atoms with Gasteiger partial charge in [0.15, 0.2) is 0 Å². The lowest BCUT2D eigenvalue weighted by molar-refractivity contribution is -0.140. The number of carbonyl (C=O) groups excluding carboxylic acids is 2. The number of benzene rings is 3. The van der Waals surface area contributed by atoms with Crippen molar-refractivity contribution in [3.63, 3.8) is 0 Å². The van der Waals surface area contributed by atoms with Crippen LogP contribution in [0.3, 0.4) is 0 Å². The number of amides is 2. The minimum Gasteiger partial charge on any atom is -0.355 e. The maximum Gasteiger partial charge on any atom is 0.417 e. The quantitative estimate of drug-likeness (QED) is 0.297. The van der Waals surface area contributed by atoms with E-state index in [0.717, 1.165) is 23.3 Å². The van der Waals surface area contributed by atoms with Gasteiger partial charge in [0, 0.05) is 13.1 Å². The van der Waals surface area contributed by atoms with E-state index in [1.165, 1.54) is 29.2 Å². The third-order valence-corrected chi connectivity index (χ3v) is 8.61. The Morgan fingerprint density at radius 3 is 2.20 bits per heavy atom. The standard InChI is InChI=1S/C29H31ClF3N3O4S/c1-4-26(28(38)34-5-2)35(18-21-12-10-9-11-20(21)3)27(37)19-36(41(39,40)23-13-7-6-8-14-23)22-15-16-25(30)24(17-22)29(31,32)33/h6-17,26H,4-5,18-19H2,1-3H3,(H,34,38)/t26-/m1/s1. The Morgan fingerprint density at radius 1 is 0.976 bits per heavy atom. The minimum atomic E-state index is -4.87. The molecule has 0 saturated carbocycles. The highest BCUT2D eigenvalue weighted by molar-refractivity contribution is 7.92. The molecule has 3 aromatic carbocycles. The zero-order chi connectivity index (χ0) is 30.4. The van der Waals surface area contributed by atoms with Gasteiger partial charge in [-0.05, 0) is 61.7 Å². The molecule has 2 amide bonds. The van der Waals surface area contributed by atoms with E-state index in [9.17, 15) is 31.2 Å². The van der Waals surface area contributed by atoms with Gasteiger partial charge >= 0.3 is 6.18 Å². The predicted molar refractivity (Wildman–Crippen MR) is 152 cm³/mol. The molecule has 0 radical (unpaired) electrons. The summed E-state index contributed by atoms with van der Waals surface area (Å²) in [6.07, 6.45) is -4.66. The van der Waals surface area contributed by atoms with Crippen LogP contribution in [0.1, 0.15) is 37.0 Å². The summed E-state index contributed by atoms with van der Waals surface area (Å²) in [7, 11) is -4.53. The van der Waals surface area contributed by atoms with E-state index >= 15 is 0 Å². The molecule has 1 atom stereocenters. The number of alkyl halides is 3. The molecule has 0 spiro atoms. The topological polar surface area (TPSA) is 86.8 Å². The molecular formula is C29H31ClF3N3O4S. The molecule has 220 valence electrons. The Hall–Kier alpha value is -3.57. The van der Waals surface area contributed by atoms with Crippen molar-refractivity contribution in [3.05, 3.63) is 94.5 Å². The molecule has 0 fully saturated rings. The zero-order valence-electron chi connectivity index (χ0n) is 22.8. The minimum absolute atomic E-state index is 0.0191. The first kappa shape index (κ1) is 32.0. The fourth-order valence-corrected chi connectivity index (χ4v) is 5.97. The van der Waals surface area contributed by atoms with Crippen LogP contribution in [0.15, 0.2) is 77.7 Å². The molecule has 3 aromatic rings. The van der Waals surface area contributed by atoms with Gasteiger partial charge in [-0.2, -0.15) is 13.2 Å². The van der Waals surface area contributed by atoms with Gasteiger partial charge in [-0.15, -0.1) is 0 Å². The van der Waals surface area contributed by atoms with Crippen LogP contribution in [-0.4, -0.2) is 44.3 Å². The Kier molecular flexibility index (Phi) is 10.4. The second-order valence-electron chi connectivity index (χ2n) is 9.25. The average molecular weight is 610 g/mol. The van der Waals surface area contributed by atoms with Crippen molar-refractivity contribution < 1.29 is 31.2 Å². The third kappa shape index (κ3) is 7.59. The second-order valence-corrected chi connectivity index (χ2v) is 11.5. The van der Waals surface area contributed by atoms with Crippen molar-refractivity contribution in [2.45, 2.75) is 50.9 Å². The van der Waals surface area contributed by atoms with Crippen molar-refractivity contribution in [1.82, 2.24) is 10.2 Å². The Bertz CT molecular complexity index is 1480. The largest absolute Gasteiger partial charge is 0.417 e. The number of aryl methyl sites for hydroxylation is 1. The van der Waals surface area contributed by atoms with Gasteiger partial charge in [-0.25, -0.2) is 8.42 Å². The van der Waals surface area contributed by atoms with Crippen LogP contribution < -0.4 is 9.62 Å². The first-order chi connectivity index (χ1) is 19.3. The molecule has 0 bridgehead atoms. The fraction of sp³-hybridized carbons (Fsp3) is 0.310. The SMILES string of the molecule is CCNC(=O)[C@@H](CC)N(Cc1ccccc1C)C(=O)CN(c1ccc(Cl)c(C(F)(F)F)c1)S(=O)(=O)c1ccccc1. The molecule has 7 nitrogen and oxygen atoms in total. The van der Waals surface area contributed by atoms with Crippen molar-refractivity contribution in [2.75, 3.05) is 17.4 Å². The monoisotopic (exact) mass is 609 g/mol. The van der Waals surface area contributed by atoms with Gasteiger partial charge in [-0.1, -0.05) is 61.0 Å². The van der Waals surface area contributed by atoms with E-state index in [4.69, 9.17) is 11.6 Å². The summed E-state index contributed by atoms with van der Waals surface area (Å²) in [6.45, 7) is 4.70. The first-order valence-corrected chi connectivity index (χ1v) is 14.7. The molecule has 0 saturated heterocycles. The Balaban J connectivity index is 2.15. The molecule has 0 aliphatic rings. The highest BCUT2D eigenvalue weighted by Gasteiger charge is 2.37. The maximum absolute atomic E-state index is 14.0. The first-order valence-electron chi connectivity index (χ1n) is 12.9. The van der Waals surface area contributed by atoms with Gasteiger partial charge in [0.05, 0.1) is 21.2 Å². The van der Waals surface area contributed by atoms with E-state index < -0.39 is 56.9 Å². The number of hydrogen-bond acceptors (Lipinski definition) is 4. The highest BCUT2D eigenvalue weighted by Crippen LogP contribution is 2.38. The Labute approximate surface area is 243 Å². The third-order valence-electron chi connectivity index (χ3n) is 6.49. The second kappa shape index (κ2) is 13.4. The molecule has 0 unspecified atom stereocenters. The average Bonchev–Trinajstić information content (AvgIpc) is 2.93. The summed E-state index contributed by atoms with van der Waals surface area (Å²) in [5, 5.41) is 2.08. The highest BCUT2D eigenvalue weighted by atomic mass is 35.5. The number of hydrogen-bond donors (Lipinski definition) is 1. The van der Waals surface area contributed by atoms with E-state index in [2.05, 4.69) is 5.32 Å². The van der Waals surface area contributed by atoms with Crippen LogP contribution in [0.4, 0.5) is 18.9 Å². The number of halogens is 4. The number of anilines is 1. The molecule has 0 heterocycles. The fourth-order valence-electron chi connectivity index (χ4n) is 4.32. The van der Waals surface area contributed by atoms with Crippen molar-refractivity contribution >= 4 is 39.1 Å². The number of nitrogens with zero attached hydrogens (tertiary/aromatic N) is 2. The molecule has 0 aliphatic heterocycles. The predicted octanol–water partition coefficient (Wildman–Crippen LogP) is 5.81. The van der Waals surface area contributed by atoms with Crippen LogP contribution in [0.5, 0.6) is 0 Å². The van der Waals surface area contributed by atoms with E-state index in [1.807, 2.05) is 19.1 Å². The lowest BCUT2D eigenvalue weighted by atomic mass is 10.1. The molecule has 0 aromatic heterocycles. The maximum atomic E-state index is 14.0. The molecule has 1 N–H and O–H groups in total. The van der Waals surface area contributed by atoms with Crippen LogP contribution in [-0.2, 0) is 32.3 Å². The summed E-state index contributed by atoms with van der Waals surface area (Å²) in [4.78, 5) is 28.0. The van der Waals surface area contributed by atoms with Crippen molar-refractivity contribution in [2.24, 2.45) is 0 Å². The van der Waals surface area contributed by atoms with Gasteiger partial charge < -0.3 is 10.2 Å². The summed E-state index contributed by atoms with van der Waals surface area (Å²) < 4.78 is 69.4. The van der Waals surface area contributed by atoms with Crippen LogP contribution in [0.25, 0.3) is 0 Å². The van der Waals surface area contributed by atoms with Crippen LogP contribution in [0.2, 0.25) is 5.02 Å². The molecule has 0 aliphatic carbocycles. The normalized spacial score (nSPS) is 12.5. The number of rotatable bonds is 11. The van der Waals surface area contributed by atoms with E-state index in [-0.39, 0.29) is 17.9 Å². The van der Waals surface area contributed by atoms with E-state index in [0.29, 0.717) is 16.9 Å². The van der Waals surface area contributed by atoms with Crippen molar-refractivity contribution in [1.29, 1.82) is 0 Å². The van der Waals surface area contributed by atoms with Gasteiger partial charge in [0.2, 0.25) is 11.8 Å². The van der Waals surface area contributed by atoms with Gasteiger partial charge in [0.25, 0.3) is 10.0 Å². The van der Waals surface area contributed by atoms with Crippen LogP contribution >= 0.6 is 11.6 Å². The number of nitrogens with one attached hydrogen (secondary N) is 1. The smallest absolute Gasteiger partial charge is 0.355 e. The van der Waals surface area contributed by atoms with Crippen LogP contribution in [0, 0.1) is 6.92 Å². The summed E-state index contributed by atoms with van der Waals surface area (Å²) in [5.74, 6) is -1.20. The number of likely N-dealkylation sites (N-methyl/N-ethyl adjacent to an activating group) is 1. The number of carbonyl (C=O) groups is 2. The van der Waals surface area contributed by atoms with Gasteiger partial charge in [-0.3, -0.25) is 13.9 Å². The molecular weight excluding hydrogens is 579 g/mol. The van der Waals surface area contributed by atoms with E-state index in [1.54, 1.807) is 32.0 Å². The lowest BCUT2D eigenvalue weighted by Crippen LogP contribution is -2.52. The number of sulfonamides is 1. The zero-order valence-corrected chi connectivity index (χ0v) is 24.4. The summed E-state index contributed by atoms with van der Waals surface area (Å²) >= 11 is 5.80. The molecule has 3 rings (SSSR count). The lowest BCUT2D eigenvalue weighted by Gasteiger charge is -2.33. The van der Waals surface area contributed by atoms with Gasteiger partial charge in [0.1, 0.15) is 12.6 Å². The van der Waals surface area contributed by atoms with Crippen molar-refractivity contribution in [3.8, 4) is 0 Å². The summed E-state index contributed by atoms with van der Waals surface area (Å²) in [5.41, 5.74) is -0.0759. The summed E-state index contributed by atoms with van der Waals surface area (Å²) in [6, 6.07) is 16.0. The Morgan fingerprint density at radius 2 is 1.61 bits per heavy atom. The molecule has 41 heavy (non-hydrogen) atoms. The molecule has 12 heteroatoms.